The fourth-order valence-electron chi connectivity index (χ4n) is 3.15. The highest BCUT2D eigenvalue weighted by molar-refractivity contribution is 5.60. The Hall–Kier alpha value is -0.450. The maximum absolute atomic E-state index is 11.5. The van der Waals surface area contributed by atoms with E-state index in [4.69, 9.17) is 9.47 Å². The summed E-state index contributed by atoms with van der Waals surface area (Å²) in [5.74, 6) is 0. The molecule has 0 aliphatic carbocycles. The van der Waals surface area contributed by atoms with Crippen LogP contribution in [0.25, 0.3) is 0 Å². The molecule has 2 aliphatic heterocycles. The second-order valence-electron chi connectivity index (χ2n) is 6.01. The molecule has 0 saturated carbocycles. The van der Waals surface area contributed by atoms with Gasteiger partial charge in [-0.1, -0.05) is 6.92 Å². The number of hydrogen-bond acceptors (Lipinski definition) is 4. The molecular formula is C15H27NO3. The molecule has 0 bridgehead atoms. The lowest BCUT2D eigenvalue weighted by molar-refractivity contribution is -0.127. The molecule has 2 unspecified atom stereocenters. The third-order valence-electron chi connectivity index (χ3n) is 4.16. The van der Waals surface area contributed by atoms with Crippen LogP contribution in [0.1, 0.15) is 39.0 Å². The summed E-state index contributed by atoms with van der Waals surface area (Å²) in [6.07, 6.45) is 6.84. The highest BCUT2D eigenvalue weighted by Crippen LogP contribution is 2.29. The number of hydrogen-bond donors (Lipinski definition) is 0. The molecule has 19 heavy (non-hydrogen) atoms. The van der Waals surface area contributed by atoms with Crippen molar-refractivity contribution in [3.63, 3.8) is 0 Å². The van der Waals surface area contributed by atoms with Crippen LogP contribution < -0.4 is 0 Å². The van der Waals surface area contributed by atoms with E-state index in [1.165, 1.54) is 6.42 Å². The van der Waals surface area contributed by atoms with Crippen molar-refractivity contribution in [1.82, 2.24) is 4.90 Å². The Morgan fingerprint density at radius 1 is 1.47 bits per heavy atom. The predicted octanol–water partition coefficient (Wildman–Crippen LogP) is 1.87. The van der Waals surface area contributed by atoms with Crippen molar-refractivity contribution in [2.24, 2.45) is 5.41 Å². The van der Waals surface area contributed by atoms with Crippen molar-refractivity contribution in [3.8, 4) is 0 Å². The molecule has 2 rings (SSSR count). The van der Waals surface area contributed by atoms with Crippen molar-refractivity contribution in [1.29, 1.82) is 0 Å². The molecule has 2 fully saturated rings. The summed E-state index contributed by atoms with van der Waals surface area (Å²) in [4.78, 5) is 13.9. The van der Waals surface area contributed by atoms with Gasteiger partial charge in [-0.3, -0.25) is 4.90 Å². The SMILES string of the molecule is CCCOC1CCCN(CC2(C=O)CCCOC2)C1. The van der Waals surface area contributed by atoms with E-state index in [1.54, 1.807) is 0 Å². The van der Waals surface area contributed by atoms with Gasteiger partial charge in [-0.15, -0.1) is 0 Å². The average Bonchev–Trinajstić information content (AvgIpc) is 2.46. The van der Waals surface area contributed by atoms with Gasteiger partial charge in [-0.05, 0) is 38.6 Å². The van der Waals surface area contributed by atoms with E-state index < -0.39 is 0 Å². The highest BCUT2D eigenvalue weighted by atomic mass is 16.5. The molecule has 0 spiro atoms. The zero-order chi connectivity index (χ0) is 13.6. The van der Waals surface area contributed by atoms with Gasteiger partial charge < -0.3 is 14.3 Å². The molecule has 0 aromatic rings. The van der Waals surface area contributed by atoms with Gasteiger partial charge in [-0.25, -0.2) is 0 Å². The standard InChI is InChI=1S/C15H27NO3/c1-2-8-19-14-5-3-7-16(10-14)11-15(12-17)6-4-9-18-13-15/h12,14H,2-11,13H2,1H3. The lowest BCUT2D eigenvalue weighted by atomic mass is 9.83. The third kappa shape index (κ3) is 4.26. The molecule has 0 aromatic heterocycles. The molecule has 0 amide bonds. The Morgan fingerprint density at radius 3 is 3.05 bits per heavy atom. The van der Waals surface area contributed by atoms with Gasteiger partial charge in [0.2, 0.25) is 0 Å². The van der Waals surface area contributed by atoms with E-state index in [-0.39, 0.29) is 5.41 Å². The number of ether oxygens (including phenoxy) is 2. The second kappa shape index (κ2) is 7.36. The summed E-state index contributed by atoms with van der Waals surface area (Å²) in [5.41, 5.74) is -0.273. The lowest BCUT2D eigenvalue weighted by Gasteiger charge is -2.40. The molecule has 2 atom stereocenters. The van der Waals surface area contributed by atoms with Crippen LogP contribution in [0.4, 0.5) is 0 Å². The highest BCUT2D eigenvalue weighted by Gasteiger charge is 2.36. The molecule has 0 radical (unpaired) electrons. The molecule has 0 aromatic carbocycles. The molecular weight excluding hydrogens is 242 g/mol. The first-order chi connectivity index (χ1) is 9.28. The van der Waals surface area contributed by atoms with Gasteiger partial charge >= 0.3 is 0 Å². The van der Waals surface area contributed by atoms with Crippen molar-refractivity contribution in [2.75, 3.05) is 39.5 Å². The Bertz CT molecular complexity index is 277. The van der Waals surface area contributed by atoms with Crippen LogP contribution >= 0.6 is 0 Å². The first-order valence-electron chi connectivity index (χ1n) is 7.66. The Morgan fingerprint density at radius 2 is 2.37 bits per heavy atom. The Kier molecular flexibility index (Phi) is 5.79. The van der Waals surface area contributed by atoms with Crippen LogP contribution in [-0.4, -0.2) is 56.7 Å². The van der Waals surface area contributed by atoms with E-state index in [0.717, 1.165) is 64.8 Å². The predicted molar refractivity (Wildman–Crippen MR) is 74.3 cm³/mol. The summed E-state index contributed by atoms with van der Waals surface area (Å²) >= 11 is 0. The number of piperidine rings is 1. The smallest absolute Gasteiger partial charge is 0.129 e. The van der Waals surface area contributed by atoms with E-state index in [1.807, 2.05) is 0 Å². The first-order valence-corrected chi connectivity index (χ1v) is 7.66. The number of likely N-dealkylation sites (tertiary alicyclic amines) is 1. The number of carbonyl (C=O) groups is 1. The lowest BCUT2D eigenvalue weighted by Crippen LogP contribution is -2.49. The fraction of sp³-hybridized carbons (Fsp3) is 0.933. The molecule has 110 valence electrons. The van der Waals surface area contributed by atoms with Gasteiger partial charge in [0.25, 0.3) is 0 Å². The van der Waals surface area contributed by atoms with Crippen molar-refractivity contribution >= 4 is 6.29 Å². The molecule has 4 heteroatoms. The normalized spacial score (nSPS) is 33.2. The van der Waals surface area contributed by atoms with Crippen LogP contribution in [-0.2, 0) is 14.3 Å². The Labute approximate surface area is 116 Å². The minimum absolute atomic E-state index is 0.273. The molecule has 2 saturated heterocycles. The van der Waals surface area contributed by atoms with E-state index in [0.29, 0.717) is 12.7 Å². The average molecular weight is 269 g/mol. The molecule has 2 heterocycles. The summed E-state index contributed by atoms with van der Waals surface area (Å²) in [6, 6.07) is 0. The minimum atomic E-state index is -0.273. The monoisotopic (exact) mass is 269 g/mol. The molecule has 4 nitrogen and oxygen atoms in total. The summed E-state index contributed by atoms with van der Waals surface area (Å²) < 4.78 is 11.4. The van der Waals surface area contributed by atoms with E-state index in [2.05, 4.69) is 11.8 Å². The summed E-state index contributed by atoms with van der Waals surface area (Å²) in [7, 11) is 0. The van der Waals surface area contributed by atoms with Crippen molar-refractivity contribution in [2.45, 2.75) is 45.1 Å². The first kappa shape index (κ1) is 14.9. The molecule has 0 N–H and O–H groups in total. The number of aldehydes is 1. The van der Waals surface area contributed by atoms with Gasteiger partial charge in [0, 0.05) is 26.3 Å². The zero-order valence-corrected chi connectivity index (χ0v) is 12.1. The number of nitrogens with zero attached hydrogens (tertiary/aromatic N) is 1. The molecule has 2 aliphatic rings. The van der Waals surface area contributed by atoms with E-state index >= 15 is 0 Å². The quantitative estimate of drug-likeness (QED) is 0.690. The maximum atomic E-state index is 11.5. The van der Waals surface area contributed by atoms with Crippen LogP contribution in [0.5, 0.6) is 0 Å². The minimum Gasteiger partial charge on any atom is -0.380 e. The third-order valence-corrected chi connectivity index (χ3v) is 4.16. The maximum Gasteiger partial charge on any atom is 0.129 e. The largest absolute Gasteiger partial charge is 0.380 e. The topological polar surface area (TPSA) is 38.8 Å². The second-order valence-corrected chi connectivity index (χ2v) is 6.01. The summed E-state index contributed by atoms with van der Waals surface area (Å²) in [5, 5.41) is 0. The van der Waals surface area contributed by atoms with Crippen LogP contribution in [0, 0.1) is 5.41 Å². The van der Waals surface area contributed by atoms with Gasteiger partial charge in [-0.2, -0.15) is 0 Å². The van der Waals surface area contributed by atoms with Crippen LogP contribution in [0.3, 0.4) is 0 Å². The zero-order valence-electron chi connectivity index (χ0n) is 12.1. The Balaban J connectivity index is 1.84. The number of carbonyl (C=O) groups excluding carboxylic acids is 1. The van der Waals surface area contributed by atoms with Crippen molar-refractivity contribution in [3.05, 3.63) is 0 Å². The van der Waals surface area contributed by atoms with Crippen LogP contribution in [0.15, 0.2) is 0 Å². The van der Waals surface area contributed by atoms with Crippen molar-refractivity contribution < 1.29 is 14.3 Å². The van der Waals surface area contributed by atoms with Crippen LogP contribution in [0.2, 0.25) is 0 Å². The summed E-state index contributed by atoms with van der Waals surface area (Å²) in [6.45, 7) is 7.27. The van der Waals surface area contributed by atoms with Gasteiger partial charge in [0.05, 0.1) is 18.1 Å². The van der Waals surface area contributed by atoms with E-state index in [9.17, 15) is 4.79 Å². The van der Waals surface area contributed by atoms with Gasteiger partial charge in [0.15, 0.2) is 0 Å². The number of rotatable bonds is 6. The van der Waals surface area contributed by atoms with Gasteiger partial charge in [0.1, 0.15) is 6.29 Å². The fourth-order valence-corrected chi connectivity index (χ4v) is 3.15.